The maximum atomic E-state index is 14.3. The minimum absolute atomic E-state index is 0.0850. The van der Waals surface area contributed by atoms with Gasteiger partial charge in [-0.2, -0.15) is 0 Å². The lowest BCUT2D eigenvalue weighted by molar-refractivity contribution is -0.118. The Morgan fingerprint density at radius 3 is 2.50 bits per heavy atom. The molecule has 0 aromatic heterocycles. The number of benzene rings is 1. The Kier molecular flexibility index (Phi) is 5.61. The van der Waals surface area contributed by atoms with Crippen molar-refractivity contribution in [2.75, 3.05) is 33.1 Å². The average molecular weight is 494 g/mol. The zero-order chi connectivity index (χ0) is 26.3. The topological polar surface area (TPSA) is 116 Å². The van der Waals surface area contributed by atoms with E-state index < -0.39 is 23.5 Å². The highest BCUT2D eigenvalue weighted by Crippen LogP contribution is 2.61. The molecule has 3 aliphatic carbocycles. The number of anilines is 1. The first-order chi connectivity index (χ1) is 16.9. The highest BCUT2D eigenvalue weighted by Gasteiger charge is 2.64. The third kappa shape index (κ3) is 3.07. The number of nitrogens with two attached hydrogens (primary N) is 1. The number of amides is 1. The molecule has 1 aliphatic heterocycles. The zero-order valence-electron chi connectivity index (χ0n) is 21.7. The van der Waals surface area contributed by atoms with Crippen LogP contribution in [0.25, 0.3) is 0 Å². The van der Waals surface area contributed by atoms with Gasteiger partial charge in [-0.15, -0.1) is 0 Å². The predicted octanol–water partition coefficient (Wildman–Crippen LogP) is 2.64. The second kappa shape index (κ2) is 8.21. The first-order valence-corrected chi connectivity index (χ1v) is 12.5. The highest BCUT2D eigenvalue weighted by atomic mass is 16.5. The van der Waals surface area contributed by atoms with Crippen molar-refractivity contribution in [2.24, 2.45) is 23.0 Å². The van der Waals surface area contributed by atoms with E-state index >= 15 is 0 Å². The van der Waals surface area contributed by atoms with Crippen LogP contribution in [-0.2, 0) is 16.0 Å². The molecule has 1 aromatic carbocycles. The number of Topliss-reactive ketones (excluding diaryl/α,β-unsaturated/α-hetero) is 1. The van der Waals surface area contributed by atoms with E-state index in [4.69, 9.17) is 10.5 Å². The van der Waals surface area contributed by atoms with Crippen molar-refractivity contribution in [1.82, 2.24) is 4.90 Å². The molecule has 1 heterocycles. The van der Waals surface area contributed by atoms with E-state index in [0.29, 0.717) is 29.7 Å². The maximum Gasteiger partial charge on any atom is 0.250 e. The summed E-state index contributed by atoms with van der Waals surface area (Å²) >= 11 is 0. The Balaban J connectivity index is 1.78. The number of carbonyl (C=O) groups excluding carboxylic acids is 2. The van der Waals surface area contributed by atoms with Gasteiger partial charge in [-0.05, 0) is 62.0 Å². The van der Waals surface area contributed by atoms with Crippen LogP contribution < -0.4 is 10.6 Å². The van der Waals surface area contributed by atoms with Crippen LogP contribution in [0, 0.1) is 17.3 Å². The molecule has 4 aliphatic rings. The van der Waals surface area contributed by atoms with E-state index in [1.165, 1.54) is 6.26 Å². The Labute approximate surface area is 211 Å². The fourth-order valence-corrected chi connectivity index (χ4v) is 7.07. The van der Waals surface area contributed by atoms with E-state index in [9.17, 15) is 19.8 Å². The fourth-order valence-electron chi connectivity index (χ4n) is 7.07. The molecule has 5 unspecified atom stereocenters. The number of fused-ring (bicyclic) bond motifs is 2. The van der Waals surface area contributed by atoms with Crippen LogP contribution in [0.5, 0.6) is 0 Å². The van der Waals surface area contributed by atoms with Gasteiger partial charge in [-0.25, -0.2) is 0 Å². The van der Waals surface area contributed by atoms with Crippen molar-refractivity contribution in [3.05, 3.63) is 63.8 Å². The van der Waals surface area contributed by atoms with Crippen LogP contribution in [0.1, 0.15) is 47.7 Å². The molecule has 0 saturated carbocycles. The molecule has 0 radical (unpaired) electrons. The van der Waals surface area contributed by atoms with Crippen LogP contribution in [-0.4, -0.2) is 67.1 Å². The summed E-state index contributed by atoms with van der Waals surface area (Å²) in [5.41, 5.74) is 8.55. The maximum absolute atomic E-state index is 14.3. The summed E-state index contributed by atoms with van der Waals surface area (Å²) in [5, 5.41) is 22.7. The number of nitrogens with zero attached hydrogens (tertiary/aromatic N) is 2. The second-order valence-corrected chi connectivity index (χ2v) is 11.2. The fraction of sp³-hybridized carbons (Fsp3) is 0.500. The van der Waals surface area contributed by atoms with Crippen molar-refractivity contribution in [1.29, 1.82) is 0 Å². The highest BCUT2D eigenvalue weighted by molar-refractivity contribution is 6.14. The van der Waals surface area contributed by atoms with Crippen LogP contribution in [0.15, 0.2) is 47.1 Å². The first kappa shape index (κ1) is 24.6. The van der Waals surface area contributed by atoms with E-state index in [2.05, 4.69) is 19.9 Å². The van der Waals surface area contributed by atoms with Gasteiger partial charge >= 0.3 is 0 Å². The van der Waals surface area contributed by atoms with E-state index in [0.717, 1.165) is 16.8 Å². The number of ketones is 1. The van der Waals surface area contributed by atoms with Gasteiger partial charge in [-0.3, -0.25) is 14.5 Å². The number of primary amides is 1. The number of allylic oxidation sites excluding steroid dienone is 1. The van der Waals surface area contributed by atoms with Gasteiger partial charge in [0.2, 0.25) is 0 Å². The molecule has 0 bridgehead atoms. The lowest BCUT2D eigenvalue weighted by atomic mass is 9.53. The van der Waals surface area contributed by atoms with Gasteiger partial charge in [0.25, 0.3) is 5.91 Å². The summed E-state index contributed by atoms with van der Waals surface area (Å²) < 4.78 is 6.04. The minimum atomic E-state index is -1.43. The summed E-state index contributed by atoms with van der Waals surface area (Å²) in [7, 11) is 7.60. The summed E-state index contributed by atoms with van der Waals surface area (Å²) in [6, 6.07) is 3.53. The molecule has 5 atom stereocenters. The molecule has 8 heteroatoms. The number of aliphatic hydroxyl groups is 2. The van der Waals surface area contributed by atoms with E-state index in [1.54, 1.807) is 6.08 Å². The zero-order valence-corrected chi connectivity index (χ0v) is 21.7. The molecule has 8 nitrogen and oxygen atoms in total. The molecule has 1 amide bonds. The molecule has 1 aromatic rings. The quantitative estimate of drug-likeness (QED) is 0.590. The lowest BCUT2D eigenvalue weighted by Gasteiger charge is -2.53. The lowest BCUT2D eigenvalue weighted by Crippen LogP contribution is -2.60. The van der Waals surface area contributed by atoms with Gasteiger partial charge in [0.15, 0.2) is 5.78 Å². The van der Waals surface area contributed by atoms with Crippen molar-refractivity contribution in [2.45, 2.75) is 44.8 Å². The molecule has 4 N–H and O–H groups in total. The Morgan fingerprint density at radius 1 is 1.22 bits per heavy atom. The number of rotatable bonds is 4. The third-order valence-electron chi connectivity index (χ3n) is 8.56. The van der Waals surface area contributed by atoms with Gasteiger partial charge in [0, 0.05) is 36.8 Å². The van der Waals surface area contributed by atoms with Crippen molar-refractivity contribution in [3.8, 4) is 0 Å². The SMILES string of the molecule is CC(C)c1ccc(N(C)C)c2c1C(=O)C1=C3OC=CC34C(O)C(C(N)=O)=C(O)C(N(C)C)C4CC1C2. The largest absolute Gasteiger partial charge is 0.510 e. The Hall–Kier alpha value is -3.10. The number of hydrogen-bond donors (Lipinski definition) is 3. The van der Waals surface area contributed by atoms with Crippen molar-refractivity contribution < 1.29 is 24.5 Å². The second-order valence-electron chi connectivity index (χ2n) is 11.2. The molecule has 5 rings (SSSR count). The van der Waals surface area contributed by atoms with Crippen molar-refractivity contribution >= 4 is 17.4 Å². The molecule has 0 fully saturated rings. The Morgan fingerprint density at radius 2 is 1.92 bits per heavy atom. The monoisotopic (exact) mass is 493 g/mol. The van der Waals surface area contributed by atoms with Crippen molar-refractivity contribution in [3.63, 3.8) is 0 Å². The third-order valence-corrected chi connectivity index (χ3v) is 8.56. The molecule has 192 valence electrons. The van der Waals surface area contributed by atoms with Gasteiger partial charge in [0.05, 0.1) is 23.3 Å². The first-order valence-electron chi connectivity index (χ1n) is 12.5. The van der Waals surface area contributed by atoms with Crippen LogP contribution in [0.4, 0.5) is 5.69 Å². The number of carbonyl (C=O) groups is 2. The average Bonchev–Trinajstić information content (AvgIpc) is 3.23. The minimum Gasteiger partial charge on any atom is -0.510 e. The van der Waals surface area contributed by atoms with E-state index in [1.807, 2.05) is 44.1 Å². The van der Waals surface area contributed by atoms with Crippen LogP contribution in [0.2, 0.25) is 0 Å². The number of likely N-dealkylation sites (N-methyl/N-ethyl adjacent to an activating group) is 1. The summed E-state index contributed by atoms with van der Waals surface area (Å²) in [4.78, 5) is 30.6. The van der Waals surface area contributed by atoms with Gasteiger partial charge < -0.3 is 25.6 Å². The normalized spacial score (nSPS) is 30.8. The predicted molar refractivity (Wildman–Crippen MR) is 137 cm³/mol. The van der Waals surface area contributed by atoms with Gasteiger partial charge in [0.1, 0.15) is 17.6 Å². The Bertz CT molecular complexity index is 1260. The number of aliphatic hydroxyl groups excluding tert-OH is 2. The number of ether oxygens (including phenoxy) is 1. The summed E-state index contributed by atoms with van der Waals surface area (Å²) in [6.45, 7) is 4.15. The molecule has 36 heavy (non-hydrogen) atoms. The molecular weight excluding hydrogens is 458 g/mol. The summed E-state index contributed by atoms with van der Waals surface area (Å²) in [5.74, 6) is -1.14. The van der Waals surface area contributed by atoms with E-state index in [-0.39, 0.29) is 34.9 Å². The smallest absolute Gasteiger partial charge is 0.250 e. The molecule has 0 saturated heterocycles. The summed E-state index contributed by atoms with van der Waals surface area (Å²) in [6.07, 6.45) is 3.00. The van der Waals surface area contributed by atoms with Crippen LogP contribution >= 0.6 is 0 Å². The van der Waals surface area contributed by atoms with Crippen LogP contribution in [0.3, 0.4) is 0 Å². The number of hydrogen-bond acceptors (Lipinski definition) is 7. The molecule has 1 spiro atoms. The molecular formula is C28H35N3O5. The van der Waals surface area contributed by atoms with Gasteiger partial charge in [-0.1, -0.05) is 19.9 Å². The standard InChI is InChI=1S/C28H35N3O5/c1-13(2)15-7-8-18(30(3)4)16-11-14-12-17-22(31(5)6)24(33)21(27(29)35)25(34)28(17)9-10-36-26(28)19(14)23(32)20(15)16/h7-10,13-14,17,22,25,33-34H,11-12H2,1-6H3,(H2,29,35).